The van der Waals surface area contributed by atoms with Crippen LogP contribution in [0.5, 0.6) is 0 Å². The van der Waals surface area contributed by atoms with Crippen LogP contribution in [0.4, 0.5) is 0 Å². The zero-order valence-corrected chi connectivity index (χ0v) is 16.3. The minimum absolute atomic E-state index is 1.25. The molecule has 0 aromatic heterocycles. The van der Waals surface area contributed by atoms with Crippen molar-refractivity contribution in [3.63, 3.8) is 0 Å². The quantitative estimate of drug-likeness (QED) is 0.646. The predicted octanol–water partition coefficient (Wildman–Crippen LogP) is 1.98. The summed E-state index contributed by atoms with van der Waals surface area (Å²) in [6.07, 6.45) is 2.87. The molecule has 3 nitrogen and oxygen atoms in total. The van der Waals surface area contributed by atoms with Gasteiger partial charge < -0.3 is 0 Å². The van der Waals surface area contributed by atoms with Crippen molar-refractivity contribution in [2.45, 2.75) is 35.0 Å². The van der Waals surface area contributed by atoms with Crippen molar-refractivity contribution in [2.24, 2.45) is 0 Å². The van der Waals surface area contributed by atoms with Gasteiger partial charge in [0.05, 0.1) is 0 Å². The summed E-state index contributed by atoms with van der Waals surface area (Å²) in [6, 6.07) is 0. The second kappa shape index (κ2) is 9.62. The van der Waals surface area contributed by atoms with Crippen LogP contribution in [0.2, 0.25) is 8.35 Å². The van der Waals surface area contributed by atoms with E-state index in [-0.39, 0.29) is 0 Å². The molecule has 0 amide bonds. The van der Waals surface area contributed by atoms with E-state index in [4.69, 9.17) is 0 Å². The molecule has 0 aromatic carbocycles. The third-order valence-electron chi connectivity index (χ3n) is 4.24. The Hall–Kier alpha value is 0.750. The average Bonchev–Trinajstić information content (AvgIpc) is 2.56. The van der Waals surface area contributed by atoms with Crippen LogP contribution < -0.4 is 0 Å². The molecule has 1 heterocycles. The molecule has 1 rings (SSSR count). The Kier molecular flexibility index (Phi) is 8.98. The van der Waals surface area contributed by atoms with E-state index < -0.39 is 21.7 Å². The van der Waals surface area contributed by atoms with Crippen molar-refractivity contribution in [3.05, 3.63) is 0 Å². The predicted molar refractivity (Wildman–Crippen MR) is 82.5 cm³/mol. The molecule has 0 atom stereocenters. The summed E-state index contributed by atoms with van der Waals surface area (Å²) in [7, 11) is 4.37. The number of unbranched alkanes of at least 4 members (excludes halogenated alkanes) is 1. The Balaban J connectivity index is 2.31. The Labute approximate surface area is 122 Å². The minimum atomic E-state index is -1.37. The van der Waals surface area contributed by atoms with Crippen molar-refractivity contribution in [1.82, 2.24) is 12.7 Å². The molecule has 1 saturated heterocycles. The first-order valence-electron chi connectivity index (χ1n) is 7.78. The van der Waals surface area contributed by atoms with Crippen LogP contribution in [0.1, 0.15) is 26.7 Å². The van der Waals surface area contributed by atoms with Crippen LogP contribution in [0.25, 0.3) is 0 Å². The Bertz CT molecular complexity index is 211. The van der Waals surface area contributed by atoms with Crippen molar-refractivity contribution < 1.29 is 0 Å². The second-order valence-electron chi connectivity index (χ2n) is 5.80. The summed E-state index contributed by atoms with van der Waals surface area (Å²) >= 11 is -1.37. The van der Waals surface area contributed by atoms with Gasteiger partial charge in [-0.2, -0.15) is 0 Å². The molecule has 0 unspecified atom stereocenters. The monoisotopic (exact) mass is 357 g/mol. The first-order chi connectivity index (χ1) is 8.67. The van der Waals surface area contributed by atoms with Crippen molar-refractivity contribution >= 4 is 21.7 Å². The molecule has 0 aliphatic carbocycles. The van der Waals surface area contributed by atoms with E-state index in [2.05, 4.69) is 40.6 Å². The summed E-state index contributed by atoms with van der Waals surface area (Å²) in [5.74, 6) is 0. The van der Waals surface area contributed by atoms with Crippen LogP contribution in [-0.2, 0) is 0 Å². The van der Waals surface area contributed by atoms with Gasteiger partial charge in [0, 0.05) is 0 Å². The van der Waals surface area contributed by atoms with Gasteiger partial charge in [-0.15, -0.1) is 0 Å². The van der Waals surface area contributed by atoms with Gasteiger partial charge in [-0.1, -0.05) is 0 Å². The molecular weight excluding hydrogens is 325 g/mol. The molecule has 0 spiro atoms. The normalized spacial score (nSPS) is 19.5. The summed E-state index contributed by atoms with van der Waals surface area (Å²) in [5, 5.41) is 0. The van der Waals surface area contributed by atoms with Gasteiger partial charge >= 0.3 is 123 Å². The standard InChI is InChI=1S/C8H18N2.C6H14N.In/c1-4-9-7-8-10(5-2)6-3;1-4-5-6-7(2)3;/h2,4-8H2,1,3H3;1,4-6H2,2-3H3;/q-1;;+1. The molecule has 0 radical (unpaired) electrons. The first-order valence-corrected chi connectivity index (χ1v) is 13.9. The number of hydrogen-bond acceptors (Lipinski definition) is 3. The van der Waals surface area contributed by atoms with E-state index in [1.54, 1.807) is 8.35 Å². The number of likely N-dealkylation sites (N-methyl/N-ethyl adjacent to an activating group) is 2. The van der Waals surface area contributed by atoms with Crippen LogP contribution >= 0.6 is 0 Å². The van der Waals surface area contributed by atoms with E-state index >= 15 is 0 Å². The summed E-state index contributed by atoms with van der Waals surface area (Å²) < 4.78 is 6.08. The van der Waals surface area contributed by atoms with Crippen molar-refractivity contribution in [3.8, 4) is 0 Å². The zero-order chi connectivity index (χ0) is 13.4. The maximum absolute atomic E-state index is 2.91. The molecule has 0 bridgehead atoms. The maximum atomic E-state index is 2.91. The second-order valence-corrected chi connectivity index (χ2v) is 14.9. The van der Waals surface area contributed by atoms with Gasteiger partial charge in [-0.05, 0) is 0 Å². The third kappa shape index (κ3) is 6.27. The van der Waals surface area contributed by atoms with Crippen molar-refractivity contribution in [1.29, 1.82) is 0 Å². The molecular formula is C14H32InN3. The molecule has 1 aliphatic heterocycles. The molecule has 0 N–H and O–H groups in total. The van der Waals surface area contributed by atoms with Crippen LogP contribution in [0.15, 0.2) is 0 Å². The molecule has 0 saturated carbocycles. The third-order valence-corrected chi connectivity index (χ3v) is 14.7. The van der Waals surface area contributed by atoms with E-state index in [0.717, 1.165) is 0 Å². The molecule has 106 valence electrons. The first kappa shape index (κ1) is 16.8. The SMILES string of the molecule is CCN1CC[N](CC)[In]([CH2]CCCN(C)C)[CH2]C1. The van der Waals surface area contributed by atoms with Gasteiger partial charge in [-0.25, -0.2) is 0 Å². The fourth-order valence-electron chi connectivity index (χ4n) is 2.95. The number of hydrogen-bond donors (Lipinski definition) is 0. The van der Waals surface area contributed by atoms with Crippen molar-refractivity contribution in [2.75, 3.05) is 53.4 Å². The number of nitrogens with zero attached hydrogens (tertiary/aromatic N) is 3. The van der Waals surface area contributed by atoms with E-state index in [0.29, 0.717) is 0 Å². The van der Waals surface area contributed by atoms with Gasteiger partial charge in [0.15, 0.2) is 0 Å². The van der Waals surface area contributed by atoms with Gasteiger partial charge in [0.1, 0.15) is 0 Å². The summed E-state index contributed by atoms with van der Waals surface area (Å²) in [5.41, 5.74) is 0. The molecule has 4 heteroatoms. The topological polar surface area (TPSA) is 9.72 Å². The summed E-state index contributed by atoms with van der Waals surface area (Å²) in [6.45, 7) is 12.6. The number of rotatable bonds is 7. The average molecular weight is 357 g/mol. The fourth-order valence-corrected chi connectivity index (χ4v) is 12.8. The van der Waals surface area contributed by atoms with Crippen LogP contribution in [0, 0.1) is 0 Å². The fraction of sp³-hybridized carbons (Fsp3) is 1.00. The Morgan fingerprint density at radius 2 is 1.78 bits per heavy atom. The Morgan fingerprint density at radius 3 is 2.39 bits per heavy atom. The van der Waals surface area contributed by atoms with Gasteiger partial charge in [0.25, 0.3) is 0 Å². The van der Waals surface area contributed by atoms with Crippen LogP contribution in [-0.4, -0.2) is 87.8 Å². The molecule has 0 aromatic rings. The Morgan fingerprint density at radius 1 is 1.00 bits per heavy atom. The van der Waals surface area contributed by atoms with E-state index in [1.165, 1.54) is 52.1 Å². The summed E-state index contributed by atoms with van der Waals surface area (Å²) in [4.78, 5) is 4.97. The van der Waals surface area contributed by atoms with Gasteiger partial charge in [-0.3, -0.25) is 0 Å². The molecule has 18 heavy (non-hydrogen) atoms. The molecule has 1 aliphatic rings. The van der Waals surface area contributed by atoms with E-state index in [9.17, 15) is 0 Å². The zero-order valence-electron chi connectivity index (χ0n) is 13.0. The molecule has 1 fully saturated rings. The van der Waals surface area contributed by atoms with Gasteiger partial charge in [0.2, 0.25) is 0 Å². The van der Waals surface area contributed by atoms with Crippen LogP contribution in [0.3, 0.4) is 0 Å². The van der Waals surface area contributed by atoms with E-state index in [1.807, 2.05) is 0 Å².